The summed E-state index contributed by atoms with van der Waals surface area (Å²) in [4.78, 5) is 24.7. The minimum Gasteiger partial charge on any atom is -0.484 e. The van der Waals surface area contributed by atoms with Crippen molar-refractivity contribution in [3.63, 3.8) is 0 Å². The third-order valence-electron chi connectivity index (χ3n) is 3.13. The predicted octanol–water partition coefficient (Wildman–Crippen LogP) is 2.25. The van der Waals surface area contributed by atoms with Gasteiger partial charge >= 0.3 is 5.97 Å². The smallest absolute Gasteiger partial charge is 0.305 e. The van der Waals surface area contributed by atoms with Gasteiger partial charge in [-0.05, 0) is 24.3 Å². The molecule has 1 aromatic rings. The van der Waals surface area contributed by atoms with Crippen LogP contribution in [0.15, 0.2) is 28.7 Å². The minimum atomic E-state index is -0.880. The van der Waals surface area contributed by atoms with Gasteiger partial charge in [0.25, 0.3) is 5.91 Å². The summed E-state index contributed by atoms with van der Waals surface area (Å²) < 4.78 is 6.40. The van der Waals surface area contributed by atoms with Crippen LogP contribution in [0, 0.1) is 0 Å². The van der Waals surface area contributed by atoms with E-state index < -0.39 is 5.97 Å². The second kappa shape index (κ2) is 7.70. The lowest BCUT2D eigenvalue weighted by Gasteiger charge is -2.34. The first-order valence-electron chi connectivity index (χ1n) is 6.53. The number of amides is 1. The molecule has 1 N–H and O–H groups in total. The van der Waals surface area contributed by atoms with Crippen molar-refractivity contribution in [3.05, 3.63) is 28.7 Å². The highest BCUT2D eigenvalue weighted by molar-refractivity contribution is 9.10. The number of carbonyl (C=O) groups excluding carboxylic acids is 1. The number of nitrogens with zero attached hydrogens (tertiary/aromatic N) is 1. The molecule has 1 aliphatic rings. The molecule has 1 unspecified atom stereocenters. The van der Waals surface area contributed by atoms with Crippen molar-refractivity contribution < 1.29 is 19.4 Å². The van der Waals surface area contributed by atoms with E-state index in [1.54, 1.807) is 28.8 Å². The molecule has 0 saturated carbocycles. The van der Waals surface area contributed by atoms with E-state index in [0.29, 0.717) is 18.0 Å². The molecule has 5 nitrogen and oxygen atoms in total. The predicted molar refractivity (Wildman–Crippen MR) is 84.7 cm³/mol. The van der Waals surface area contributed by atoms with Gasteiger partial charge in [-0.3, -0.25) is 9.59 Å². The zero-order valence-electron chi connectivity index (χ0n) is 11.3. The van der Waals surface area contributed by atoms with Crippen molar-refractivity contribution in [2.75, 3.05) is 24.7 Å². The van der Waals surface area contributed by atoms with Crippen LogP contribution in [0.1, 0.15) is 6.42 Å². The molecule has 1 aliphatic heterocycles. The molecule has 0 bridgehead atoms. The van der Waals surface area contributed by atoms with Gasteiger partial charge in [-0.2, -0.15) is 11.8 Å². The fourth-order valence-corrected chi connectivity index (χ4v) is 3.44. The normalized spacial score (nSPS) is 18.3. The maximum atomic E-state index is 12.2. The molecule has 0 aliphatic carbocycles. The van der Waals surface area contributed by atoms with E-state index in [-0.39, 0.29) is 25.0 Å². The van der Waals surface area contributed by atoms with E-state index >= 15 is 0 Å². The number of hydrogen-bond donors (Lipinski definition) is 1. The first-order chi connectivity index (χ1) is 10.1. The van der Waals surface area contributed by atoms with Crippen molar-refractivity contribution in [1.29, 1.82) is 0 Å². The van der Waals surface area contributed by atoms with E-state index in [4.69, 9.17) is 9.84 Å². The highest BCUT2D eigenvalue weighted by Crippen LogP contribution is 2.20. The van der Waals surface area contributed by atoms with Gasteiger partial charge in [0.15, 0.2) is 6.61 Å². The zero-order chi connectivity index (χ0) is 15.2. The van der Waals surface area contributed by atoms with Crippen LogP contribution in [0.5, 0.6) is 5.75 Å². The van der Waals surface area contributed by atoms with E-state index in [1.165, 1.54) is 0 Å². The number of ether oxygens (including phenoxy) is 1. The Bertz CT molecular complexity index is 508. The molecule has 1 heterocycles. The van der Waals surface area contributed by atoms with Crippen LogP contribution >= 0.6 is 27.7 Å². The summed E-state index contributed by atoms with van der Waals surface area (Å²) in [5.41, 5.74) is 0. The van der Waals surface area contributed by atoms with Gasteiger partial charge in [0.05, 0.1) is 12.5 Å². The van der Waals surface area contributed by atoms with E-state index in [1.807, 2.05) is 12.1 Å². The number of aliphatic carboxylic acids is 1. The third-order valence-corrected chi connectivity index (χ3v) is 4.75. The van der Waals surface area contributed by atoms with Gasteiger partial charge in [0.2, 0.25) is 0 Å². The summed E-state index contributed by atoms with van der Waals surface area (Å²) >= 11 is 5.01. The Kier molecular flexibility index (Phi) is 5.93. The minimum absolute atomic E-state index is 0.0168. The number of benzene rings is 1. The van der Waals surface area contributed by atoms with Gasteiger partial charge in [-0.25, -0.2) is 0 Å². The standard InChI is InChI=1S/C14H16BrNO4S/c15-10-1-3-12(4-2-10)20-8-13(17)16-5-6-21-9-11(16)7-14(18)19/h1-4,11H,5-9H2,(H,18,19). The molecule has 1 atom stereocenters. The molecule has 0 spiro atoms. The summed E-state index contributed by atoms with van der Waals surface area (Å²) in [5, 5.41) is 8.92. The quantitative estimate of drug-likeness (QED) is 0.857. The Morgan fingerprint density at radius 2 is 2.10 bits per heavy atom. The molecule has 7 heteroatoms. The average molecular weight is 374 g/mol. The number of thioether (sulfide) groups is 1. The van der Waals surface area contributed by atoms with E-state index in [2.05, 4.69) is 15.9 Å². The van der Waals surface area contributed by atoms with Crippen LogP contribution in [-0.4, -0.2) is 52.6 Å². The summed E-state index contributed by atoms with van der Waals surface area (Å²) in [6, 6.07) is 6.98. The Balaban J connectivity index is 1.91. The van der Waals surface area contributed by atoms with Crippen molar-refractivity contribution in [2.45, 2.75) is 12.5 Å². The molecular weight excluding hydrogens is 358 g/mol. The molecule has 1 aromatic carbocycles. The lowest BCUT2D eigenvalue weighted by Crippen LogP contribution is -2.48. The number of carbonyl (C=O) groups is 2. The van der Waals surface area contributed by atoms with Crippen LogP contribution < -0.4 is 4.74 Å². The molecule has 1 fully saturated rings. The zero-order valence-corrected chi connectivity index (χ0v) is 13.7. The highest BCUT2D eigenvalue weighted by atomic mass is 79.9. The van der Waals surface area contributed by atoms with Crippen molar-refractivity contribution in [1.82, 2.24) is 4.90 Å². The van der Waals surface area contributed by atoms with Crippen LogP contribution in [0.4, 0.5) is 0 Å². The van der Waals surface area contributed by atoms with Crippen LogP contribution in [-0.2, 0) is 9.59 Å². The molecule has 0 aromatic heterocycles. The summed E-state index contributed by atoms with van der Waals surface area (Å²) in [7, 11) is 0. The number of rotatable bonds is 5. The second-order valence-electron chi connectivity index (χ2n) is 4.66. The van der Waals surface area contributed by atoms with Crippen LogP contribution in [0.25, 0.3) is 0 Å². The molecule has 1 amide bonds. The summed E-state index contributed by atoms with van der Waals surface area (Å²) in [5.74, 6) is 1.07. The maximum absolute atomic E-state index is 12.2. The Morgan fingerprint density at radius 3 is 2.76 bits per heavy atom. The van der Waals surface area contributed by atoms with Gasteiger partial charge < -0.3 is 14.7 Å². The summed E-state index contributed by atoms with van der Waals surface area (Å²) in [6.07, 6.45) is -0.0168. The van der Waals surface area contributed by atoms with Crippen molar-refractivity contribution in [3.8, 4) is 5.75 Å². The van der Waals surface area contributed by atoms with Crippen molar-refractivity contribution >= 4 is 39.6 Å². The first-order valence-corrected chi connectivity index (χ1v) is 8.48. The lowest BCUT2D eigenvalue weighted by molar-refractivity contribution is -0.141. The van der Waals surface area contributed by atoms with Gasteiger partial charge in [0, 0.05) is 22.5 Å². The number of carboxylic acid groups (broad SMARTS) is 1. The number of hydrogen-bond acceptors (Lipinski definition) is 4. The topological polar surface area (TPSA) is 66.8 Å². The first kappa shape index (κ1) is 16.2. The molecule has 114 valence electrons. The third kappa shape index (κ3) is 4.93. The van der Waals surface area contributed by atoms with Crippen LogP contribution in [0.3, 0.4) is 0 Å². The van der Waals surface area contributed by atoms with Crippen LogP contribution in [0.2, 0.25) is 0 Å². The molecular formula is C14H16BrNO4S. The largest absolute Gasteiger partial charge is 0.484 e. The fourth-order valence-electron chi connectivity index (χ4n) is 2.11. The highest BCUT2D eigenvalue weighted by Gasteiger charge is 2.28. The molecule has 1 saturated heterocycles. The van der Waals surface area contributed by atoms with Crippen molar-refractivity contribution in [2.24, 2.45) is 0 Å². The summed E-state index contributed by atoms with van der Waals surface area (Å²) in [6.45, 7) is 0.508. The van der Waals surface area contributed by atoms with Gasteiger partial charge in [-0.1, -0.05) is 15.9 Å². The Labute approximate surface area is 135 Å². The lowest BCUT2D eigenvalue weighted by atomic mass is 10.2. The number of carboxylic acids is 1. The maximum Gasteiger partial charge on any atom is 0.305 e. The van der Waals surface area contributed by atoms with E-state index in [9.17, 15) is 9.59 Å². The second-order valence-corrected chi connectivity index (χ2v) is 6.72. The molecule has 0 radical (unpaired) electrons. The Morgan fingerprint density at radius 1 is 1.38 bits per heavy atom. The molecule has 2 rings (SSSR count). The SMILES string of the molecule is O=C(O)CC1CSCCN1C(=O)COc1ccc(Br)cc1. The fraction of sp³-hybridized carbons (Fsp3) is 0.429. The number of halogens is 1. The van der Waals surface area contributed by atoms with Gasteiger partial charge in [-0.15, -0.1) is 0 Å². The average Bonchev–Trinajstić information content (AvgIpc) is 2.46. The molecule has 21 heavy (non-hydrogen) atoms. The van der Waals surface area contributed by atoms with E-state index in [0.717, 1.165) is 10.2 Å². The monoisotopic (exact) mass is 373 g/mol. The van der Waals surface area contributed by atoms with Gasteiger partial charge in [0.1, 0.15) is 5.75 Å². The Hall–Kier alpha value is -1.21.